The van der Waals surface area contributed by atoms with Gasteiger partial charge in [0, 0.05) is 29.9 Å². The smallest absolute Gasteiger partial charge is 0.251 e. The van der Waals surface area contributed by atoms with Gasteiger partial charge in [-0.3, -0.25) is 4.79 Å². The van der Waals surface area contributed by atoms with Crippen molar-refractivity contribution in [2.45, 2.75) is 30.3 Å². The van der Waals surface area contributed by atoms with E-state index in [9.17, 15) is 13.2 Å². The quantitative estimate of drug-likeness (QED) is 0.778. The molecule has 1 aliphatic rings. The molecule has 132 valence electrons. The Morgan fingerprint density at radius 3 is 2.80 bits per heavy atom. The predicted molar refractivity (Wildman–Crippen MR) is 91.7 cm³/mol. The minimum atomic E-state index is -3.59. The first-order valence-corrected chi connectivity index (χ1v) is 9.36. The van der Waals surface area contributed by atoms with Crippen LogP contribution >= 0.6 is 0 Å². The molecule has 2 N–H and O–H groups in total. The summed E-state index contributed by atoms with van der Waals surface area (Å²) >= 11 is 0. The van der Waals surface area contributed by atoms with Gasteiger partial charge in [0.15, 0.2) is 0 Å². The Morgan fingerprint density at radius 2 is 2.08 bits per heavy atom. The van der Waals surface area contributed by atoms with E-state index >= 15 is 0 Å². The van der Waals surface area contributed by atoms with Crippen LogP contribution in [0.5, 0.6) is 5.88 Å². The van der Waals surface area contributed by atoms with E-state index < -0.39 is 10.0 Å². The Morgan fingerprint density at radius 1 is 1.28 bits per heavy atom. The topological polar surface area (TPSA) is 97.4 Å². The number of methoxy groups -OCH3 is 1. The third-order valence-corrected chi connectivity index (χ3v) is 5.31. The maximum absolute atomic E-state index is 12.3. The summed E-state index contributed by atoms with van der Waals surface area (Å²) in [4.78, 5) is 16.5. The molecule has 0 radical (unpaired) electrons. The van der Waals surface area contributed by atoms with Gasteiger partial charge in [-0.2, -0.15) is 0 Å². The van der Waals surface area contributed by atoms with E-state index in [-0.39, 0.29) is 29.0 Å². The maximum Gasteiger partial charge on any atom is 0.251 e. The molecule has 0 atom stereocenters. The number of amides is 1. The van der Waals surface area contributed by atoms with Crippen LogP contribution in [0.2, 0.25) is 0 Å². The Bertz CT molecular complexity index is 879. The first-order chi connectivity index (χ1) is 12.0. The number of rotatable bonds is 7. The van der Waals surface area contributed by atoms with Gasteiger partial charge >= 0.3 is 0 Å². The van der Waals surface area contributed by atoms with Gasteiger partial charge in [0.05, 0.1) is 12.0 Å². The zero-order valence-electron chi connectivity index (χ0n) is 13.7. The zero-order chi connectivity index (χ0) is 17.9. The van der Waals surface area contributed by atoms with Crippen LogP contribution in [0.25, 0.3) is 0 Å². The number of ether oxygens (including phenoxy) is 1. The second-order valence-corrected chi connectivity index (χ2v) is 7.49. The fourth-order valence-corrected chi connectivity index (χ4v) is 3.66. The largest absolute Gasteiger partial charge is 0.481 e. The fourth-order valence-electron chi connectivity index (χ4n) is 2.31. The number of nitrogens with one attached hydrogen (secondary N) is 2. The second-order valence-electron chi connectivity index (χ2n) is 5.78. The summed E-state index contributed by atoms with van der Waals surface area (Å²) in [6.45, 7) is 0.229. The first-order valence-electron chi connectivity index (χ1n) is 7.88. The molecular formula is C17H19N3O4S. The molecule has 1 fully saturated rings. The average molecular weight is 361 g/mol. The Hall–Kier alpha value is -2.45. The molecule has 3 rings (SSSR count). The van der Waals surface area contributed by atoms with Crippen LogP contribution in [0, 0.1) is 0 Å². The van der Waals surface area contributed by atoms with Crippen molar-refractivity contribution in [2.75, 3.05) is 7.11 Å². The Kier molecular flexibility index (Phi) is 5.00. The lowest BCUT2D eigenvalue weighted by Crippen LogP contribution is -2.27. The molecule has 1 aliphatic carbocycles. The first kappa shape index (κ1) is 17.4. The molecule has 7 nitrogen and oxygen atoms in total. The number of hydrogen-bond acceptors (Lipinski definition) is 5. The molecule has 1 aromatic heterocycles. The van der Waals surface area contributed by atoms with Gasteiger partial charge in [0.1, 0.15) is 0 Å². The summed E-state index contributed by atoms with van der Waals surface area (Å²) in [6, 6.07) is 9.55. The minimum Gasteiger partial charge on any atom is -0.481 e. The molecule has 1 heterocycles. The number of sulfonamides is 1. The normalized spacial score (nSPS) is 14.1. The number of carbonyl (C=O) groups is 1. The summed E-state index contributed by atoms with van der Waals surface area (Å²) in [5, 5.41) is 2.75. The van der Waals surface area contributed by atoms with Crippen LogP contribution in [0.3, 0.4) is 0 Å². The van der Waals surface area contributed by atoms with Crippen molar-refractivity contribution >= 4 is 15.9 Å². The predicted octanol–water partition coefficient (Wildman–Crippen LogP) is 1.46. The summed E-state index contributed by atoms with van der Waals surface area (Å²) in [5.41, 5.74) is 1.01. The lowest BCUT2D eigenvalue weighted by molar-refractivity contribution is 0.0950. The monoisotopic (exact) mass is 361 g/mol. The third-order valence-electron chi connectivity index (χ3n) is 3.79. The van der Waals surface area contributed by atoms with Gasteiger partial charge in [-0.1, -0.05) is 12.1 Å². The van der Waals surface area contributed by atoms with E-state index in [2.05, 4.69) is 15.0 Å². The van der Waals surface area contributed by atoms with E-state index in [0.717, 1.165) is 18.4 Å². The van der Waals surface area contributed by atoms with Gasteiger partial charge < -0.3 is 10.1 Å². The molecular weight excluding hydrogens is 342 g/mol. The summed E-state index contributed by atoms with van der Waals surface area (Å²) in [7, 11) is -2.08. The van der Waals surface area contributed by atoms with Crippen LogP contribution < -0.4 is 14.8 Å². The van der Waals surface area contributed by atoms with Crippen molar-refractivity contribution in [1.82, 2.24) is 15.0 Å². The van der Waals surface area contributed by atoms with Gasteiger partial charge in [0.25, 0.3) is 5.91 Å². The van der Waals surface area contributed by atoms with Gasteiger partial charge in [-0.15, -0.1) is 0 Å². The van der Waals surface area contributed by atoms with Crippen LogP contribution in [-0.4, -0.2) is 32.5 Å². The van der Waals surface area contributed by atoms with Crippen molar-refractivity contribution in [1.29, 1.82) is 0 Å². The molecule has 2 aromatic rings. The molecule has 0 saturated heterocycles. The summed E-state index contributed by atoms with van der Waals surface area (Å²) in [6.07, 6.45) is 3.31. The molecule has 0 aliphatic heterocycles. The lowest BCUT2D eigenvalue weighted by Gasteiger charge is -2.10. The molecule has 8 heteroatoms. The van der Waals surface area contributed by atoms with Gasteiger partial charge in [-0.25, -0.2) is 18.1 Å². The van der Waals surface area contributed by atoms with Crippen molar-refractivity contribution in [2.24, 2.45) is 0 Å². The van der Waals surface area contributed by atoms with Crippen molar-refractivity contribution in [3.63, 3.8) is 0 Å². The highest BCUT2D eigenvalue weighted by atomic mass is 32.2. The number of nitrogens with zero attached hydrogens (tertiary/aromatic N) is 1. The molecule has 0 spiro atoms. The summed E-state index contributed by atoms with van der Waals surface area (Å²) in [5.74, 6) is 0.0714. The van der Waals surface area contributed by atoms with Gasteiger partial charge in [0.2, 0.25) is 15.9 Å². The van der Waals surface area contributed by atoms with Crippen molar-refractivity contribution in [3.05, 3.63) is 53.7 Å². The van der Waals surface area contributed by atoms with E-state index in [1.807, 2.05) is 0 Å². The van der Waals surface area contributed by atoms with Crippen LogP contribution in [-0.2, 0) is 16.6 Å². The SMILES string of the molecule is COc1ncccc1CNC(=O)c1cccc(S(=O)(=O)NC2CC2)c1. The molecule has 1 aromatic carbocycles. The van der Waals surface area contributed by atoms with Crippen molar-refractivity contribution < 1.29 is 17.9 Å². The molecule has 0 unspecified atom stereocenters. The average Bonchev–Trinajstić information content (AvgIpc) is 3.43. The fraction of sp³-hybridized carbons (Fsp3) is 0.294. The van der Waals surface area contributed by atoms with Gasteiger partial charge in [-0.05, 0) is 37.1 Å². The highest BCUT2D eigenvalue weighted by molar-refractivity contribution is 7.89. The van der Waals surface area contributed by atoms with Crippen LogP contribution in [0.4, 0.5) is 0 Å². The zero-order valence-corrected chi connectivity index (χ0v) is 14.5. The maximum atomic E-state index is 12.3. The van der Waals surface area contributed by atoms with E-state index in [0.29, 0.717) is 5.88 Å². The van der Waals surface area contributed by atoms with E-state index in [1.165, 1.54) is 19.2 Å². The molecule has 25 heavy (non-hydrogen) atoms. The van der Waals surface area contributed by atoms with Crippen LogP contribution in [0.15, 0.2) is 47.5 Å². The number of aromatic nitrogens is 1. The van der Waals surface area contributed by atoms with Crippen molar-refractivity contribution in [3.8, 4) is 5.88 Å². The van der Waals surface area contributed by atoms with Crippen LogP contribution in [0.1, 0.15) is 28.8 Å². The number of pyridine rings is 1. The highest BCUT2D eigenvalue weighted by Crippen LogP contribution is 2.22. The summed E-state index contributed by atoms with van der Waals surface area (Å²) < 4.78 is 32.2. The minimum absolute atomic E-state index is 0.0144. The van der Waals surface area contributed by atoms with E-state index in [1.54, 1.807) is 30.5 Å². The third kappa shape index (κ3) is 4.34. The number of hydrogen-bond donors (Lipinski definition) is 2. The molecule has 1 saturated carbocycles. The lowest BCUT2D eigenvalue weighted by atomic mass is 10.2. The second kappa shape index (κ2) is 7.20. The van der Waals surface area contributed by atoms with E-state index in [4.69, 9.17) is 4.74 Å². The highest BCUT2D eigenvalue weighted by Gasteiger charge is 2.28. The Labute approximate surface area is 146 Å². The number of benzene rings is 1. The Balaban J connectivity index is 1.71. The molecule has 0 bridgehead atoms. The molecule has 1 amide bonds. The standard InChI is InChI=1S/C17H19N3O4S/c1-24-17-13(5-3-9-18-17)11-19-16(21)12-4-2-6-15(10-12)25(22,23)20-14-7-8-14/h2-6,9-10,14,20H,7-8,11H2,1H3,(H,19,21). The number of carbonyl (C=O) groups excluding carboxylic acids is 1.